The van der Waals surface area contributed by atoms with Crippen LogP contribution in [0.3, 0.4) is 0 Å². The quantitative estimate of drug-likeness (QED) is 0.298. The van der Waals surface area contributed by atoms with Gasteiger partial charge in [-0.3, -0.25) is 4.98 Å². The van der Waals surface area contributed by atoms with Gasteiger partial charge < -0.3 is 4.98 Å². The number of rotatable bonds is 1. The van der Waals surface area contributed by atoms with E-state index in [0.717, 1.165) is 16.8 Å². The number of pyridine rings is 1. The summed E-state index contributed by atoms with van der Waals surface area (Å²) in [5, 5.41) is 7.79. The van der Waals surface area contributed by atoms with Gasteiger partial charge in [-0.2, -0.15) is 0 Å². The van der Waals surface area contributed by atoms with Gasteiger partial charge in [0.15, 0.2) is 0 Å². The lowest BCUT2D eigenvalue weighted by atomic mass is 10.0. The summed E-state index contributed by atoms with van der Waals surface area (Å²) in [6, 6.07) is 30.5. The van der Waals surface area contributed by atoms with Crippen molar-refractivity contribution in [2.75, 3.05) is 0 Å². The van der Waals surface area contributed by atoms with Crippen molar-refractivity contribution >= 4 is 64.1 Å². The fourth-order valence-corrected chi connectivity index (χ4v) is 5.82. The van der Waals surface area contributed by atoms with Crippen molar-refractivity contribution in [1.29, 1.82) is 0 Å². The molecule has 7 aromatic rings. The van der Waals surface area contributed by atoms with E-state index < -0.39 is 0 Å². The van der Waals surface area contributed by atoms with Crippen LogP contribution in [0.4, 0.5) is 0 Å². The van der Waals surface area contributed by atoms with Crippen LogP contribution < -0.4 is 0 Å². The Labute approximate surface area is 176 Å². The van der Waals surface area contributed by atoms with Gasteiger partial charge in [-0.25, -0.2) is 0 Å². The molecular weight excluding hydrogens is 384 g/mol. The molecule has 0 fully saturated rings. The van der Waals surface area contributed by atoms with Crippen molar-refractivity contribution in [2.24, 2.45) is 0 Å². The summed E-state index contributed by atoms with van der Waals surface area (Å²) in [6.45, 7) is 0. The molecule has 0 radical (unpaired) electrons. The minimum Gasteiger partial charge on any atom is -0.354 e. The summed E-state index contributed by atoms with van der Waals surface area (Å²) in [6.07, 6.45) is 1.85. The highest BCUT2D eigenvalue weighted by Gasteiger charge is 2.12. The topological polar surface area (TPSA) is 28.7 Å². The fourth-order valence-electron chi connectivity index (χ4n) is 4.60. The summed E-state index contributed by atoms with van der Waals surface area (Å²) < 4.78 is 2.71. The lowest BCUT2D eigenvalue weighted by molar-refractivity contribution is 1.33. The summed E-state index contributed by atoms with van der Waals surface area (Å²) in [5.74, 6) is 0. The molecule has 0 aliphatic rings. The van der Waals surface area contributed by atoms with Gasteiger partial charge >= 0.3 is 0 Å². The van der Waals surface area contributed by atoms with Crippen LogP contribution in [0.1, 0.15) is 0 Å². The maximum atomic E-state index is 4.52. The zero-order valence-corrected chi connectivity index (χ0v) is 16.8. The number of aromatic amines is 1. The molecule has 0 saturated carbocycles. The fraction of sp³-hybridized carbons (Fsp3) is 0. The van der Waals surface area contributed by atoms with Crippen LogP contribution in [0.15, 0.2) is 91.1 Å². The first-order valence-electron chi connectivity index (χ1n) is 10.1. The van der Waals surface area contributed by atoms with Crippen LogP contribution in [0.25, 0.3) is 64.0 Å². The smallest absolute Gasteiger partial charge is 0.0702 e. The highest BCUT2D eigenvalue weighted by Crippen LogP contribution is 2.40. The first kappa shape index (κ1) is 16.1. The Morgan fingerprint density at radius 1 is 0.633 bits per heavy atom. The van der Waals surface area contributed by atoms with Crippen LogP contribution in [0, 0.1) is 0 Å². The van der Waals surface area contributed by atoms with Crippen LogP contribution in [-0.4, -0.2) is 9.97 Å². The molecule has 0 bridgehead atoms. The minimum absolute atomic E-state index is 1.00. The average molecular weight is 401 g/mol. The number of aromatic nitrogens is 2. The van der Waals surface area contributed by atoms with Gasteiger partial charge in [-0.15, -0.1) is 11.3 Å². The molecule has 0 aliphatic heterocycles. The highest BCUT2D eigenvalue weighted by molar-refractivity contribution is 7.26. The molecule has 4 aromatic carbocycles. The average Bonchev–Trinajstić information content (AvgIpc) is 3.36. The summed E-state index contributed by atoms with van der Waals surface area (Å²) in [4.78, 5) is 8.15. The van der Waals surface area contributed by atoms with E-state index in [0.29, 0.717) is 0 Å². The molecule has 0 amide bonds. The second kappa shape index (κ2) is 5.91. The third-order valence-corrected chi connectivity index (χ3v) is 7.26. The van der Waals surface area contributed by atoms with E-state index in [-0.39, 0.29) is 0 Å². The lowest BCUT2D eigenvalue weighted by Gasteiger charge is -2.02. The van der Waals surface area contributed by atoms with Crippen molar-refractivity contribution < 1.29 is 0 Å². The standard InChI is InChI=1S/C27H16N2S/c1-2-7-26-18(5-1)19-10-8-16-13-22-21-14-17(23-6-3-4-12-28-23)9-11-24(21)29-25(22)15-20(16)27(19)30-26/h1-15,29H. The van der Waals surface area contributed by atoms with Crippen molar-refractivity contribution in [3.8, 4) is 11.3 Å². The SMILES string of the molecule is c1ccc(-c2ccc3[nH]c4cc5c(ccc6c7ccccc7sc56)cc4c3c2)nc1. The maximum Gasteiger partial charge on any atom is 0.0702 e. The molecule has 3 aromatic heterocycles. The summed E-state index contributed by atoms with van der Waals surface area (Å²) in [5.41, 5.74) is 4.48. The molecule has 0 unspecified atom stereocenters. The second-order valence-corrected chi connectivity index (χ2v) is 8.81. The molecule has 2 nitrogen and oxygen atoms in total. The van der Waals surface area contributed by atoms with Crippen LogP contribution in [0.2, 0.25) is 0 Å². The third-order valence-electron chi connectivity index (χ3n) is 6.04. The number of benzene rings is 4. The Morgan fingerprint density at radius 2 is 1.53 bits per heavy atom. The molecule has 0 saturated heterocycles. The predicted molar refractivity (Wildman–Crippen MR) is 129 cm³/mol. The van der Waals surface area contributed by atoms with E-state index in [4.69, 9.17) is 0 Å². The molecule has 3 heteroatoms. The molecule has 0 aliphatic carbocycles. The first-order chi connectivity index (χ1) is 14.8. The Balaban J connectivity index is 1.54. The number of nitrogens with zero attached hydrogens (tertiary/aromatic N) is 1. The van der Waals surface area contributed by atoms with E-state index in [9.17, 15) is 0 Å². The van der Waals surface area contributed by atoms with Crippen LogP contribution >= 0.6 is 11.3 Å². The van der Waals surface area contributed by atoms with E-state index in [1.165, 1.54) is 47.2 Å². The molecule has 140 valence electrons. The monoisotopic (exact) mass is 400 g/mol. The van der Waals surface area contributed by atoms with Gasteiger partial charge in [0.05, 0.1) is 5.69 Å². The van der Waals surface area contributed by atoms with Crippen molar-refractivity contribution in [3.63, 3.8) is 0 Å². The lowest BCUT2D eigenvalue weighted by Crippen LogP contribution is -1.81. The Hall–Kier alpha value is -3.69. The zero-order chi connectivity index (χ0) is 19.7. The number of hydrogen-bond acceptors (Lipinski definition) is 2. The number of nitrogens with one attached hydrogen (secondary N) is 1. The van der Waals surface area contributed by atoms with Gasteiger partial charge in [-0.1, -0.05) is 42.5 Å². The van der Waals surface area contributed by atoms with E-state index in [2.05, 4.69) is 82.8 Å². The number of hydrogen-bond donors (Lipinski definition) is 1. The van der Waals surface area contributed by atoms with Gasteiger partial charge in [0.1, 0.15) is 0 Å². The summed E-state index contributed by atoms with van der Waals surface area (Å²) >= 11 is 1.88. The van der Waals surface area contributed by atoms with E-state index in [1.807, 2.05) is 29.7 Å². The Kier molecular flexibility index (Phi) is 3.18. The second-order valence-electron chi connectivity index (χ2n) is 7.76. The summed E-state index contributed by atoms with van der Waals surface area (Å²) in [7, 11) is 0. The van der Waals surface area contributed by atoms with Gasteiger partial charge in [0, 0.05) is 59.1 Å². The Morgan fingerprint density at radius 3 is 2.47 bits per heavy atom. The molecule has 3 heterocycles. The Bertz CT molecular complexity index is 1740. The highest BCUT2D eigenvalue weighted by atomic mass is 32.1. The zero-order valence-electron chi connectivity index (χ0n) is 16.0. The third kappa shape index (κ3) is 2.21. The van der Waals surface area contributed by atoms with E-state index >= 15 is 0 Å². The molecule has 7 rings (SSSR count). The molecule has 1 N–H and O–H groups in total. The van der Waals surface area contributed by atoms with E-state index in [1.54, 1.807) is 0 Å². The number of thiophene rings is 1. The van der Waals surface area contributed by atoms with Crippen LogP contribution in [0.5, 0.6) is 0 Å². The van der Waals surface area contributed by atoms with Gasteiger partial charge in [-0.05, 0) is 47.9 Å². The molecule has 30 heavy (non-hydrogen) atoms. The predicted octanol–water partition coefficient (Wildman–Crippen LogP) is 7.90. The minimum atomic E-state index is 1.00. The largest absolute Gasteiger partial charge is 0.354 e. The van der Waals surface area contributed by atoms with Crippen LogP contribution in [-0.2, 0) is 0 Å². The normalized spacial score (nSPS) is 12.0. The van der Waals surface area contributed by atoms with Crippen molar-refractivity contribution in [2.45, 2.75) is 0 Å². The molecule has 0 atom stereocenters. The number of fused-ring (bicyclic) bond motifs is 8. The molecular formula is C27H16N2S. The van der Waals surface area contributed by atoms with Crippen molar-refractivity contribution in [3.05, 3.63) is 91.1 Å². The van der Waals surface area contributed by atoms with Crippen molar-refractivity contribution in [1.82, 2.24) is 9.97 Å². The first-order valence-corrected chi connectivity index (χ1v) is 10.9. The molecule has 0 spiro atoms. The number of H-pyrrole nitrogens is 1. The maximum absolute atomic E-state index is 4.52. The van der Waals surface area contributed by atoms with Gasteiger partial charge in [0.2, 0.25) is 0 Å². The van der Waals surface area contributed by atoms with Gasteiger partial charge in [0.25, 0.3) is 0 Å².